The van der Waals surface area contributed by atoms with Crippen molar-refractivity contribution in [2.24, 2.45) is 10.9 Å². The highest BCUT2D eigenvalue weighted by molar-refractivity contribution is 5.93. The molecule has 0 aliphatic heterocycles. The highest BCUT2D eigenvalue weighted by Gasteiger charge is 2.38. The van der Waals surface area contributed by atoms with Crippen LogP contribution in [0.4, 0.5) is 4.79 Å². The van der Waals surface area contributed by atoms with Crippen LogP contribution in [0.5, 0.6) is 0 Å². The van der Waals surface area contributed by atoms with E-state index in [1.807, 2.05) is 6.92 Å². The van der Waals surface area contributed by atoms with E-state index in [0.717, 1.165) is 32.1 Å². The van der Waals surface area contributed by atoms with Gasteiger partial charge in [0.25, 0.3) is 0 Å². The highest BCUT2D eigenvalue weighted by atomic mass is 16.4. The van der Waals surface area contributed by atoms with Crippen molar-refractivity contribution >= 4 is 11.9 Å². The Morgan fingerprint density at radius 2 is 2.06 bits per heavy atom. The molecule has 4 N–H and O–H groups in total. The van der Waals surface area contributed by atoms with Gasteiger partial charge < -0.3 is 21.2 Å². The summed E-state index contributed by atoms with van der Waals surface area (Å²) in [7, 11) is 1.72. The molecule has 98 valence electrons. The van der Waals surface area contributed by atoms with Gasteiger partial charge in [-0.1, -0.05) is 24.4 Å². The summed E-state index contributed by atoms with van der Waals surface area (Å²) in [5, 5.41) is 14.8. The summed E-state index contributed by atoms with van der Waals surface area (Å²) < 4.78 is 0. The fourth-order valence-corrected chi connectivity index (χ4v) is 2.14. The molecule has 6 nitrogen and oxygen atoms in total. The fraction of sp³-hybridized carbons (Fsp3) is 0.818. The molecule has 0 aromatic carbocycles. The largest absolute Gasteiger partial charge is 0.409 e. The molecular formula is C11H22N4O2. The third-order valence-corrected chi connectivity index (χ3v) is 3.47. The molecule has 0 aromatic heterocycles. The number of nitrogens with two attached hydrogens (primary N) is 1. The molecule has 0 spiro atoms. The van der Waals surface area contributed by atoms with Crippen molar-refractivity contribution in [3.8, 4) is 0 Å². The van der Waals surface area contributed by atoms with E-state index in [1.54, 1.807) is 11.9 Å². The van der Waals surface area contributed by atoms with Crippen molar-refractivity contribution in [3.05, 3.63) is 0 Å². The zero-order valence-corrected chi connectivity index (χ0v) is 10.6. The van der Waals surface area contributed by atoms with Crippen molar-refractivity contribution < 1.29 is 10.0 Å². The Hall–Kier alpha value is -1.46. The monoisotopic (exact) mass is 242 g/mol. The fourth-order valence-electron chi connectivity index (χ4n) is 2.14. The van der Waals surface area contributed by atoms with Crippen molar-refractivity contribution in [1.29, 1.82) is 0 Å². The van der Waals surface area contributed by atoms with Crippen LogP contribution in [-0.2, 0) is 0 Å². The number of hydrogen-bond acceptors (Lipinski definition) is 3. The quantitative estimate of drug-likeness (QED) is 0.299. The summed E-state index contributed by atoms with van der Waals surface area (Å²) >= 11 is 0. The zero-order chi connectivity index (χ0) is 12.9. The number of urea groups is 1. The van der Waals surface area contributed by atoms with Gasteiger partial charge in [-0.3, -0.25) is 0 Å². The molecule has 1 rings (SSSR count). The van der Waals surface area contributed by atoms with E-state index in [9.17, 15) is 4.79 Å². The van der Waals surface area contributed by atoms with Crippen LogP contribution >= 0.6 is 0 Å². The van der Waals surface area contributed by atoms with Crippen LogP contribution in [-0.4, -0.2) is 41.1 Å². The molecule has 2 amide bonds. The minimum atomic E-state index is -0.673. The van der Waals surface area contributed by atoms with Gasteiger partial charge in [0.15, 0.2) is 5.84 Å². The predicted molar refractivity (Wildman–Crippen MR) is 66.1 cm³/mol. The number of oxime groups is 1. The Balaban J connectivity index is 2.80. The lowest BCUT2D eigenvalue weighted by molar-refractivity contribution is 0.193. The SMILES string of the molecule is CCN(C)C(=O)NC1(C(N)=NO)CCCCC1. The predicted octanol–water partition coefficient (Wildman–Crippen LogP) is 1.10. The normalized spacial score (nSPS) is 19.8. The van der Waals surface area contributed by atoms with Crippen molar-refractivity contribution in [2.75, 3.05) is 13.6 Å². The molecule has 0 bridgehead atoms. The first-order chi connectivity index (χ1) is 8.05. The number of amidine groups is 1. The summed E-state index contributed by atoms with van der Waals surface area (Å²) in [4.78, 5) is 13.5. The highest BCUT2D eigenvalue weighted by Crippen LogP contribution is 2.28. The van der Waals surface area contributed by atoms with Gasteiger partial charge in [-0.05, 0) is 19.8 Å². The standard InChI is InChI=1S/C11H22N4O2/c1-3-15(2)10(16)13-11(9(12)14-17)7-5-4-6-8-11/h17H,3-8H2,1-2H3,(H2,12,14)(H,13,16). The first-order valence-corrected chi connectivity index (χ1v) is 6.07. The number of carbonyl (C=O) groups is 1. The van der Waals surface area contributed by atoms with Crippen LogP contribution in [0.25, 0.3) is 0 Å². The molecule has 1 aliphatic rings. The van der Waals surface area contributed by atoms with Crippen LogP contribution in [0.1, 0.15) is 39.0 Å². The van der Waals surface area contributed by atoms with E-state index in [2.05, 4.69) is 10.5 Å². The van der Waals surface area contributed by atoms with E-state index < -0.39 is 5.54 Å². The summed E-state index contributed by atoms with van der Waals surface area (Å²) in [6.45, 7) is 2.52. The molecule has 0 unspecified atom stereocenters. The zero-order valence-electron chi connectivity index (χ0n) is 10.6. The molecule has 0 radical (unpaired) electrons. The number of carbonyl (C=O) groups excluding carboxylic acids is 1. The number of hydrogen-bond donors (Lipinski definition) is 3. The molecule has 17 heavy (non-hydrogen) atoms. The van der Waals surface area contributed by atoms with E-state index >= 15 is 0 Å². The molecular weight excluding hydrogens is 220 g/mol. The van der Waals surface area contributed by atoms with Gasteiger partial charge in [0, 0.05) is 13.6 Å². The Morgan fingerprint density at radius 1 is 1.47 bits per heavy atom. The van der Waals surface area contributed by atoms with Gasteiger partial charge >= 0.3 is 6.03 Å². The molecule has 1 fully saturated rings. The van der Waals surface area contributed by atoms with Crippen molar-refractivity contribution in [3.63, 3.8) is 0 Å². The first kappa shape index (κ1) is 13.6. The van der Waals surface area contributed by atoms with E-state index in [-0.39, 0.29) is 11.9 Å². The van der Waals surface area contributed by atoms with Crippen LogP contribution in [0.3, 0.4) is 0 Å². The maximum atomic E-state index is 11.9. The van der Waals surface area contributed by atoms with Gasteiger partial charge in [0.05, 0.1) is 0 Å². The smallest absolute Gasteiger partial charge is 0.317 e. The number of rotatable bonds is 3. The molecule has 0 atom stereocenters. The second kappa shape index (κ2) is 5.75. The maximum absolute atomic E-state index is 11.9. The average molecular weight is 242 g/mol. The summed E-state index contributed by atoms with van der Waals surface area (Å²) in [5.74, 6) is 0.107. The van der Waals surface area contributed by atoms with Gasteiger partial charge in [-0.25, -0.2) is 4.79 Å². The van der Waals surface area contributed by atoms with Crippen molar-refractivity contribution in [1.82, 2.24) is 10.2 Å². The van der Waals surface area contributed by atoms with E-state index in [4.69, 9.17) is 10.9 Å². The average Bonchev–Trinajstić information content (AvgIpc) is 2.37. The first-order valence-electron chi connectivity index (χ1n) is 6.07. The Bertz CT molecular complexity index is 298. The molecule has 0 heterocycles. The van der Waals surface area contributed by atoms with Gasteiger partial charge in [-0.15, -0.1) is 0 Å². The molecule has 1 aliphatic carbocycles. The van der Waals surface area contributed by atoms with Crippen LogP contribution in [0.2, 0.25) is 0 Å². The Kier molecular flexibility index (Phi) is 4.60. The lowest BCUT2D eigenvalue weighted by Gasteiger charge is -2.37. The molecule has 6 heteroatoms. The third-order valence-electron chi connectivity index (χ3n) is 3.47. The van der Waals surface area contributed by atoms with Crippen LogP contribution < -0.4 is 11.1 Å². The van der Waals surface area contributed by atoms with Gasteiger partial charge in [-0.2, -0.15) is 0 Å². The van der Waals surface area contributed by atoms with Crippen molar-refractivity contribution in [2.45, 2.75) is 44.6 Å². The minimum absolute atomic E-state index is 0.107. The summed E-state index contributed by atoms with van der Waals surface area (Å²) in [6, 6.07) is -0.180. The van der Waals surface area contributed by atoms with Gasteiger partial charge in [0.1, 0.15) is 5.54 Å². The van der Waals surface area contributed by atoms with Gasteiger partial charge in [0.2, 0.25) is 0 Å². The Morgan fingerprint density at radius 3 is 2.53 bits per heavy atom. The van der Waals surface area contributed by atoms with Crippen LogP contribution in [0, 0.1) is 0 Å². The Labute approximate surface area is 102 Å². The molecule has 0 saturated heterocycles. The molecule has 0 aromatic rings. The van der Waals surface area contributed by atoms with Crippen LogP contribution in [0.15, 0.2) is 5.16 Å². The second-order valence-electron chi connectivity index (χ2n) is 4.57. The topological polar surface area (TPSA) is 91.0 Å². The van der Waals surface area contributed by atoms with E-state index in [1.165, 1.54) is 0 Å². The third kappa shape index (κ3) is 3.01. The minimum Gasteiger partial charge on any atom is -0.409 e. The summed E-state index contributed by atoms with van der Waals surface area (Å²) in [5.41, 5.74) is 5.07. The summed E-state index contributed by atoms with van der Waals surface area (Å²) in [6.07, 6.45) is 4.54. The maximum Gasteiger partial charge on any atom is 0.317 e. The number of amides is 2. The number of nitrogens with zero attached hydrogens (tertiary/aromatic N) is 2. The number of nitrogens with one attached hydrogen (secondary N) is 1. The lowest BCUT2D eigenvalue weighted by Crippen LogP contribution is -2.60. The van der Waals surface area contributed by atoms with E-state index in [0.29, 0.717) is 6.54 Å². The molecule has 1 saturated carbocycles. The second-order valence-corrected chi connectivity index (χ2v) is 4.57. The lowest BCUT2D eigenvalue weighted by atomic mass is 9.81.